The molecular formula is C16H14Br2N2O4. The van der Waals surface area contributed by atoms with Crippen molar-refractivity contribution in [2.24, 2.45) is 0 Å². The van der Waals surface area contributed by atoms with Gasteiger partial charge in [-0.15, -0.1) is 0 Å². The zero-order valence-corrected chi connectivity index (χ0v) is 15.4. The Labute approximate surface area is 154 Å². The number of hydrogen-bond donors (Lipinski definition) is 4. The van der Waals surface area contributed by atoms with E-state index in [-0.39, 0.29) is 23.5 Å². The van der Waals surface area contributed by atoms with E-state index < -0.39 is 9.90 Å². The van der Waals surface area contributed by atoms with Gasteiger partial charge in [-0.25, -0.2) is 0 Å². The summed E-state index contributed by atoms with van der Waals surface area (Å²) < 4.78 is 2.65. The first-order valence-electron chi connectivity index (χ1n) is 6.96. The topological polar surface area (TPSA) is 90.8 Å². The highest BCUT2D eigenvalue weighted by Gasteiger charge is 2.20. The number of hydrogen-bond acceptors (Lipinski definition) is 4. The van der Waals surface area contributed by atoms with Crippen LogP contribution in [-0.4, -0.2) is 29.6 Å². The van der Waals surface area contributed by atoms with Crippen molar-refractivity contribution in [3.8, 4) is 23.5 Å². The zero-order chi connectivity index (χ0) is 17.4. The fourth-order valence-electron chi connectivity index (χ4n) is 2.47. The first-order valence-corrected chi connectivity index (χ1v) is 8.79. The summed E-state index contributed by atoms with van der Waals surface area (Å²) in [6, 6.07) is 12.9. The summed E-state index contributed by atoms with van der Waals surface area (Å²) in [5, 5.41) is 39.4. The van der Waals surface area contributed by atoms with Gasteiger partial charge in [0.25, 0.3) is 0 Å². The van der Waals surface area contributed by atoms with Crippen LogP contribution in [0.4, 0.5) is 0 Å². The number of rotatable bonds is 4. The molecule has 24 heavy (non-hydrogen) atoms. The fraction of sp³-hybridized carbons (Fsp3) is 0.125. The minimum absolute atomic E-state index is 0.0733. The summed E-state index contributed by atoms with van der Waals surface area (Å²) in [4.78, 5) is -0.974. The lowest BCUT2D eigenvalue weighted by molar-refractivity contribution is 0.376. The van der Waals surface area contributed by atoms with E-state index in [9.17, 15) is 20.4 Å². The van der Waals surface area contributed by atoms with Gasteiger partial charge in [0.1, 0.15) is 9.90 Å². The Morgan fingerprint density at radius 3 is 1.29 bits per heavy atom. The van der Waals surface area contributed by atoms with E-state index in [0.717, 1.165) is 11.1 Å². The molecule has 0 fully saturated rings. The molecule has 0 aliphatic heterocycles. The lowest BCUT2D eigenvalue weighted by Gasteiger charge is -2.19. The van der Waals surface area contributed by atoms with Crippen molar-refractivity contribution in [2.45, 2.75) is 9.90 Å². The first kappa shape index (κ1) is 16.8. The molecule has 2 aromatic heterocycles. The van der Waals surface area contributed by atoms with Crippen LogP contribution in [0, 0.1) is 0 Å². The van der Waals surface area contributed by atoms with Gasteiger partial charge in [0, 0.05) is 24.3 Å². The fourth-order valence-corrected chi connectivity index (χ4v) is 3.88. The average molecular weight is 458 g/mol. The summed E-state index contributed by atoms with van der Waals surface area (Å²) in [7, 11) is 0. The molecule has 0 aliphatic rings. The molecule has 6 nitrogen and oxygen atoms in total. The van der Waals surface area contributed by atoms with Crippen molar-refractivity contribution in [1.29, 1.82) is 0 Å². The molecule has 2 unspecified atom stereocenters. The van der Waals surface area contributed by atoms with Gasteiger partial charge in [-0.3, -0.25) is 9.13 Å². The maximum Gasteiger partial charge on any atom is 0.195 e. The standard InChI is InChI=1S/C16H14Br2N2O4/c17-15(19-11(21)4-5-12(19)22)9-2-1-3-10(8-9)16(18)20-13(23)6-7-14(20)24/h1-8,15-16,21-24H. The molecule has 2 atom stereocenters. The number of halogens is 2. The molecule has 0 saturated heterocycles. The second-order valence-electron chi connectivity index (χ2n) is 5.18. The van der Waals surface area contributed by atoms with Gasteiger partial charge in [0.15, 0.2) is 23.5 Å². The lowest BCUT2D eigenvalue weighted by atomic mass is 10.1. The van der Waals surface area contributed by atoms with Crippen molar-refractivity contribution in [3.63, 3.8) is 0 Å². The molecule has 0 bridgehead atoms. The zero-order valence-electron chi connectivity index (χ0n) is 12.2. The molecular weight excluding hydrogens is 444 g/mol. The number of benzene rings is 1. The molecule has 1 aromatic carbocycles. The second kappa shape index (κ2) is 6.45. The predicted molar refractivity (Wildman–Crippen MR) is 96.1 cm³/mol. The van der Waals surface area contributed by atoms with Crippen LogP contribution in [0.2, 0.25) is 0 Å². The van der Waals surface area contributed by atoms with Crippen molar-refractivity contribution in [3.05, 3.63) is 59.7 Å². The SMILES string of the molecule is Oc1ccc(O)n1C(Br)c1cccc(C(Br)n2c(O)ccc2O)c1. The minimum Gasteiger partial charge on any atom is -0.494 e. The highest BCUT2D eigenvalue weighted by molar-refractivity contribution is 9.09. The van der Waals surface area contributed by atoms with Crippen molar-refractivity contribution < 1.29 is 20.4 Å². The number of nitrogens with zero attached hydrogens (tertiary/aromatic N) is 2. The smallest absolute Gasteiger partial charge is 0.195 e. The van der Waals surface area contributed by atoms with E-state index in [4.69, 9.17) is 0 Å². The summed E-state index contributed by atoms with van der Waals surface area (Å²) in [6.45, 7) is 0. The Bertz CT molecular complexity index is 768. The number of alkyl halides is 2. The van der Waals surface area contributed by atoms with Crippen LogP contribution in [0.25, 0.3) is 0 Å². The molecule has 0 aliphatic carbocycles. The van der Waals surface area contributed by atoms with Gasteiger partial charge in [-0.05, 0) is 17.2 Å². The third kappa shape index (κ3) is 2.87. The normalized spacial score (nSPS) is 13.8. The molecule has 0 spiro atoms. The van der Waals surface area contributed by atoms with Crippen molar-refractivity contribution in [1.82, 2.24) is 9.13 Å². The Kier molecular flexibility index (Phi) is 4.51. The van der Waals surface area contributed by atoms with Crippen LogP contribution in [0.3, 0.4) is 0 Å². The molecule has 0 saturated carbocycles. The van der Waals surface area contributed by atoms with Crippen LogP contribution in [0.1, 0.15) is 21.0 Å². The molecule has 8 heteroatoms. The third-order valence-electron chi connectivity index (χ3n) is 3.66. The predicted octanol–water partition coefficient (Wildman–Crippen LogP) is 4.00. The van der Waals surface area contributed by atoms with E-state index in [1.807, 2.05) is 24.3 Å². The van der Waals surface area contributed by atoms with E-state index in [2.05, 4.69) is 31.9 Å². The quantitative estimate of drug-likeness (QED) is 0.446. The number of aromatic nitrogens is 2. The first-order chi connectivity index (χ1) is 11.4. The summed E-state index contributed by atoms with van der Waals surface area (Å²) in [5.41, 5.74) is 1.54. The molecule has 3 aromatic rings. The summed E-state index contributed by atoms with van der Waals surface area (Å²) >= 11 is 6.92. The Hall–Kier alpha value is -2.06. The van der Waals surface area contributed by atoms with Crippen LogP contribution in [0.5, 0.6) is 23.5 Å². The molecule has 4 N–H and O–H groups in total. The van der Waals surface area contributed by atoms with E-state index in [1.54, 1.807) is 0 Å². The highest BCUT2D eigenvalue weighted by Crippen LogP contribution is 2.38. The molecule has 2 heterocycles. The Morgan fingerprint density at radius 1 is 0.625 bits per heavy atom. The number of aromatic hydroxyl groups is 4. The van der Waals surface area contributed by atoms with E-state index in [1.165, 1.54) is 33.4 Å². The monoisotopic (exact) mass is 456 g/mol. The van der Waals surface area contributed by atoms with E-state index in [0.29, 0.717) is 0 Å². The van der Waals surface area contributed by atoms with Crippen LogP contribution in [-0.2, 0) is 0 Å². The van der Waals surface area contributed by atoms with Crippen molar-refractivity contribution >= 4 is 31.9 Å². The molecule has 126 valence electrons. The van der Waals surface area contributed by atoms with Gasteiger partial charge in [-0.2, -0.15) is 0 Å². The summed E-state index contributed by atoms with van der Waals surface area (Å²) in [5.74, 6) is -0.293. The average Bonchev–Trinajstić information content (AvgIpc) is 3.08. The molecule has 3 rings (SSSR count). The highest BCUT2D eigenvalue weighted by atomic mass is 79.9. The van der Waals surface area contributed by atoms with Crippen molar-refractivity contribution in [2.75, 3.05) is 0 Å². The minimum atomic E-state index is -0.487. The van der Waals surface area contributed by atoms with Gasteiger partial charge in [0.2, 0.25) is 0 Å². The van der Waals surface area contributed by atoms with Gasteiger partial charge in [0.05, 0.1) is 0 Å². The second-order valence-corrected chi connectivity index (χ2v) is 6.92. The summed E-state index contributed by atoms with van der Waals surface area (Å²) in [6.07, 6.45) is 0. The third-order valence-corrected chi connectivity index (χ3v) is 5.54. The van der Waals surface area contributed by atoms with Crippen LogP contribution < -0.4 is 0 Å². The van der Waals surface area contributed by atoms with Gasteiger partial charge in [-0.1, -0.05) is 50.1 Å². The lowest BCUT2D eigenvalue weighted by Crippen LogP contribution is -2.06. The Morgan fingerprint density at radius 2 is 0.958 bits per heavy atom. The Balaban J connectivity index is 1.98. The van der Waals surface area contributed by atoms with E-state index >= 15 is 0 Å². The molecule has 0 amide bonds. The van der Waals surface area contributed by atoms with Gasteiger partial charge < -0.3 is 20.4 Å². The van der Waals surface area contributed by atoms with Gasteiger partial charge >= 0.3 is 0 Å². The maximum absolute atomic E-state index is 9.86. The maximum atomic E-state index is 9.86. The van der Waals surface area contributed by atoms with Crippen LogP contribution in [0.15, 0.2) is 48.5 Å². The molecule has 0 radical (unpaired) electrons. The van der Waals surface area contributed by atoms with Crippen LogP contribution >= 0.6 is 31.9 Å². The largest absolute Gasteiger partial charge is 0.494 e.